The molecule has 0 aliphatic carbocycles. The Hall–Kier alpha value is -1.81. The monoisotopic (exact) mass is 264 g/mol. The molecule has 0 spiro atoms. The molecule has 2 N–H and O–H groups in total. The Morgan fingerprint density at radius 1 is 1.33 bits per heavy atom. The molecule has 1 saturated heterocycles. The van der Waals surface area contributed by atoms with Gasteiger partial charge in [-0.2, -0.15) is 0 Å². The van der Waals surface area contributed by atoms with E-state index in [4.69, 9.17) is 11.6 Å². The lowest BCUT2D eigenvalue weighted by Crippen LogP contribution is -2.50. The Labute approximate surface area is 110 Å². The summed E-state index contributed by atoms with van der Waals surface area (Å²) in [6.07, 6.45) is 0. The minimum absolute atomic E-state index is 0.0487. The summed E-state index contributed by atoms with van der Waals surface area (Å²) < 4.78 is 0. The SMILES string of the molecule is C=C1NC(=O)NC(c2ccc(Cl)cc2)C1C(C)=O. The van der Waals surface area contributed by atoms with Crippen molar-refractivity contribution in [2.75, 3.05) is 0 Å². The summed E-state index contributed by atoms with van der Waals surface area (Å²) in [5.41, 5.74) is 1.25. The number of ketones is 1. The van der Waals surface area contributed by atoms with Gasteiger partial charge in [-0.15, -0.1) is 0 Å². The van der Waals surface area contributed by atoms with Crippen LogP contribution >= 0.6 is 11.6 Å². The number of carbonyl (C=O) groups excluding carboxylic acids is 2. The van der Waals surface area contributed by atoms with E-state index in [0.29, 0.717) is 10.7 Å². The third-order valence-electron chi connectivity index (χ3n) is 2.94. The Kier molecular flexibility index (Phi) is 3.39. The summed E-state index contributed by atoms with van der Waals surface area (Å²) in [5, 5.41) is 5.88. The number of urea groups is 1. The maximum absolute atomic E-state index is 11.7. The summed E-state index contributed by atoms with van der Waals surface area (Å²) in [6, 6.07) is 6.29. The summed E-state index contributed by atoms with van der Waals surface area (Å²) in [6.45, 7) is 5.23. The highest BCUT2D eigenvalue weighted by Crippen LogP contribution is 2.30. The van der Waals surface area contributed by atoms with Gasteiger partial charge in [0.05, 0.1) is 12.0 Å². The number of carbonyl (C=O) groups is 2. The number of benzene rings is 1. The molecule has 0 bridgehead atoms. The molecular weight excluding hydrogens is 252 g/mol. The molecule has 2 amide bonds. The van der Waals surface area contributed by atoms with Gasteiger partial charge in [0, 0.05) is 10.7 Å². The standard InChI is InChI=1S/C13H13ClN2O2/c1-7-11(8(2)17)12(16-13(18)15-7)9-3-5-10(14)6-4-9/h3-6,11-12H,1H2,2H3,(H2,15,16,18). The van der Waals surface area contributed by atoms with Crippen LogP contribution in [0.5, 0.6) is 0 Å². The lowest BCUT2D eigenvalue weighted by atomic mass is 9.86. The summed E-state index contributed by atoms with van der Waals surface area (Å²) in [4.78, 5) is 23.2. The quantitative estimate of drug-likeness (QED) is 0.862. The van der Waals surface area contributed by atoms with Crippen LogP contribution in [0, 0.1) is 5.92 Å². The minimum atomic E-state index is -0.469. The molecule has 1 heterocycles. The maximum Gasteiger partial charge on any atom is 0.319 e. The lowest BCUT2D eigenvalue weighted by Gasteiger charge is -2.33. The van der Waals surface area contributed by atoms with Crippen LogP contribution in [0.2, 0.25) is 5.02 Å². The van der Waals surface area contributed by atoms with Gasteiger partial charge in [0.15, 0.2) is 0 Å². The van der Waals surface area contributed by atoms with Gasteiger partial charge in [-0.25, -0.2) is 4.79 Å². The van der Waals surface area contributed by atoms with E-state index in [1.54, 1.807) is 24.3 Å². The number of amides is 2. The van der Waals surface area contributed by atoms with Crippen LogP contribution in [0.3, 0.4) is 0 Å². The molecule has 0 saturated carbocycles. The molecule has 2 unspecified atom stereocenters. The topological polar surface area (TPSA) is 58.2 Å². The van der Waals surface area contributed by atoms with E-state index in [9.17, 15) is 9.59 Å². The molecule has 0 radical (unpaired) electrons. The normalized spacial score (nSPS) is 23.2. The van der Waals surface area contributed by atoms with Crippen molar-refractivity contribution < 1.29 is 9.59 Å². The first kappa shape index (κ1) is 12.6. The zero-order chi connectivity index (χ0) is 13.3. The Balaban J connectivity index is 2.37. The number of rotatable bonds is 2. The molecule has 1 aliphatic rings. The molecular formula is C13H13ClN2O2. The molecule has 0 aromatic heterocycles. The molecule has 5 heteroatoms. The second-order valence-electron chi connectivity index (χ2n) is 4.24. The molecule has 2 atom stereocenters. The molecule has 1 aromatic carbocycles. The number of nitrogens with one attached hydrogen (secondary N) is 2. The fourth-order valence-corrected chi connectivity index (χ4v) is 2.24. The average molecular weight is 265 g/mol. The van der Waals surface area contributed by atoms with Crippen molar-refractivity contribution >= 4 is 23.4 Å². The molecule has 18 heavy (non-hydrogen) atoms. The van der Waals surface area contributed by atoms with Gasteiger partial charge in [-0.1, -0.05) is 30.3 Å². The number of halogens is 1. The van der Waals surface area contributed by atoms with Crippen LogP contribution < -0.4 is 10.6 Å². The number of Topliss-reactive ketones (excluding diaryl/α,β-unsaturated/α-hetero) is 1. The van der Waals surface area contributed by atoms with Crippen molar-refractivity contribution in [3.63, 3.8) is 0 Å². The van der Waals surface area contributed by atoms with Crippen LogP contribution in [0.15, 0.2) is 36.5 Å². The van der Waals surface area contributed by atoms with E-state index in [0.717, 1.165) is 5.56 Å². The van der Waals surface area contributed by atoms with Gasteiger partial charge in [-0.05, 0) is 24.6 Å². The smallest absolute Gasteiger partial charge is 0.319 e. The summed E-state index contributed by atoms with van der Waals surface area (Å²) >= 11 is 5.82. The fourth-order valence-electron chi connectivity index (χ4n) is 2.11. The summed E-state index contributed by atoms with van der Waals surface area (Å²) in [7, 11) is 0. The van der Waals surface area contributed by atoms with E-state index >= 15 is 0 Å². The number of hydrogen-bond acceptors (Lipinski definition) is 2. The third-order valence-corrected chi connectivity index (χ3v) is 3.19. The van der Waals surface area contributed by atoms with Crippen molar-refractivity contribution in [3.05, 3.63) is 47.1 Å². The van der Waals surface area contributed by atoms with Crippen LogP contribution in [0.4, 0.5) is 4.79 Å². The van der Waals surface area contributed by atoms with Crippen molar-refractivity contribution in [2.24, 2.45) is 5.92 Å². The first-order chi connectivity index (χ1) is 8.49. The third kappa shape index (κ3) is 2.38. The zero-order valence-electron chi connectivity index (χ0n) is 9.87. The van der Waals surface area contributed by atoms with Gasteiger partial charge in [-0.3, -0.25) is 4.79 Å². The zero-order valence-corrected chi connectivity index (χ0v) is 10.6. The molecule has 94 valence electrons. The second-order valence-corrected chi connectivity index (χ2v) is 4.68. The highest BCUT2D eigenvalue weighted by molar-refractivity contribution is 6.30. The van der Waals surface area contributed by atoms with E-state index in [1.807, 2.05) is 0 Å². The predicted molar refractivity (Wildman–Crippen MR) is 69.2 cm³/mol. The van der Waals surface area contributed by atoms with Gasteiger partial charge >= 0.3 is 6.03 Å². The van der Waals surface area contributed by atoms with Gasteiger partial charge in [0.25, 0.3) is 0 Å². The fraction of sp³-hybridized carbons (Fsp3) is 0.231. The second kappa shape index (κ2) is 4.82. The first-order valence-electron chi connectivity index (χ1n) is 5.51. The van der Waals surface area contributed by atoms with Gasteiger partial charge in [0.2, 0.25) is 0 Å². The van der Waals surface area contributed by atoms with Gasteiger partial charge < -0.3 is 10.6 Å². The molecule has 1 aliphatic heterocycles. The predicted octanol–water partition coefficient (Wildman–Crippen LogP) is 2.41. The van der Waals surface area contributed by atoms with Gasteiger partial charge in [0.1, 0.15) is 5.78 Å². The maximum atomic E-state index is 11.7. The Bertz CT molecular complexity index is 510. The van der Waals surface area contributed by atoms with E-state index in [1.165, 1.54) is 6.92 Å². The minimum Gasteiger partial charge on any atom is -0.330 e. The van der Waals surface area contributed by atoms with Crippen molar-refractivity contribution in [2.45, 2.75) is 13.0 Å². The lowest BCUT2D eigenvalue weighted by molar-refractivity contribution is -0.120. The first-order valence-corrected chi connectivity index (χ1v) is 5.89. The number of hydrogen-bond donors (Lipinski definition) is 2. The Morgan fingerprint density at radius 2 is 1.94 bits per heavy atom. The Morgan fingerprint density at radius 3 is 2.50 bits per heavy atom. The van der Waals surface area contributed by atoms with Crippen LogP contribution in [-0.2, 0) is 4.79 Å². The molecule has 1 fully saturated rings. The van der Waals surface area contributed by atoms with Crippen molar-refractivity contribution in [3.8, 4) is 0 Å². The van der Waals surface area contributed by atoms with Crippen molar-refractivity contribution in [1.82, 2.24) is 10.6 Å². The summed E-state index contributed by atoms with van der Waals surface area (Å²) in [5.74, 6) is -0.517. The van der Waals surface area contributed by atoms with E-state index in [-0.39, 0.29) is 11.8 Å². The molecule has 4 nitrogen and oxygen atoms in total. The van der Waals surface area contributed by atoms with Crippen molar-refractivity contribution in [1.29, 1.82) is 0 Å². The largest absolute Gasteiger partial charge is 0.330 e. The average Bonchev–Trinajstić information content (AvgIpc) is 2.28. The molecule has 1 aromatic rings. The van der Waals surface area contributed by atoms with Crippen LogP contribution in [0.25, 0.3) is 0 Å². The highest BCUT2D eigenvalue weighted by atomic mass is 35.5. The van der Waals surface area contributed by atoms with E-state index in [2.05, 4.69) is 17.2 Å². The van der Waals surface area contributed by atoms with Crippen LogP contribution in [0.1, 0.15) is 18.5 Å². The van der Waals surface area contributed by atoms with E-state index < -0.39 is 12.0 Å². The van der Waals surface area contributed by atoms with Crippen LogP contribution in [-0.4, -0.2) is 11.8 Å². The highest BCUT2D eigenvalue weighted by Gasteiger charge is 2.35. The molecule has 2 rings (SSSR count).